The number of aliphatic imine (C=N–C) groups is 1. The molecule has 4 heteroatoms. The molecule has 3 heterocycles. The van der Waals surface area contributed by atoms with E-state index < -0.39 is 0 Å². The summed E-state index contributed by atoms with van der Waals surface area (Å²) in [6.07, 6.45) is 11.4. The lowest BCUT2D eigenvalue weighted by molar-refractivity contribution is 1.33. The van der Waals surface area contributed by atoms with Crippen molar-refractivity contribution in [2.24, 2.45) is 4.99 Å². The highest BCUT2D eigenvalue weighted by Crippen LogP contribution is 2.37. The fraction of sp³-hybridized carbons (Fsp3) is 0.0213. The van der Waals surface area contributed by atoms with Gasteiger partial charge in [-0.25, -0.2) is 4.98 Å². The highest BCUT2D eigenvalue weighted by atomic mass is 14.8. The van der Waals surface area contributed by atoms with Crippen molar-refractivity contribution >= 4 is 34.1 Å². The van der Waals surface area contributed by atoms with Crippen LogP contribution >= 0.6 is 0 Å². The van der Waals surface area contributed by atoms with Crippen LogP contribution in [0.15, 0.2) is 181 Å². The van der Waals surface area contributed by atoms with Crippen molar-refractivity contribution in [1.29, 1.82) is 0 Å². The quantitative estimate of drug-likeness (QED) is 0.0931. The molecular weight excluding hydrogens is 621 g/mol. The summed E-state index contributed by atoms with van der Waals surface area (Å²) in [5.41, 5.74) is 14.7. The van der Waals surface area contributed by atoms with E-state index in [1.165, 1.54) is 0 Å². The van der Waals surface area contributed by atoms with Crippen molar-refractivity contribution in [3.63, 3.8) is 0 Å². The van der Waals surface area contributed by atoms with Crippen LogP contribution in [0.2, 0.25) is 0 Å². The van der Waals surface area contributed by atoms with Gasteiger partial charge in [-0.1, -0.05) is 103 Å². The number of allylic oxidation sites excluding steroid dienone is 3. The van der Waals surface area contributed by atoms with Crippen LogP contribution in [0.3, 0.4) is 0 Å². The third-order valence-electron chi connectivity index (χ3n) is 9.16. The molecular formula is C47H34N4. The minimum atomic E-state index is 0.902. The highest BCUT2D eigenvalue weighted by molar-refractivity contribution is 6.09. The Hall–Kier alpha value is -6.78. The number of aromatic nitrogens is 3. The lowest BCUT2D eigenvalue weighted by Crippen LogP contribution is -1.93. The first-order valence-electron chi connectivity index (χ1n) is 17.0. The van der Waals surface area contributed by atoms with E-state index >= 15 is 0 Å². The van der Waals surface area contributed by atoms with E-state index in [2.05, 4.69) is 150 Å². The smallest absolute Gasteiger partial charge is 0.0978 e. The molecule has 0 saturated heterocycles. The summed E-state index contributed by atoms with van der Waals surface area (Å²) >= 11 is 0. The normalized spacial score (nSPS) is 11.7. The van der Waals surface area contributed by atoms with E-state index in [4.69, 9.17) is 9.97 Å². The number of fused-ring (bicyclic) bond motifs is 3. The summed E-state index contributed by atoms with van der Waals surface area (Å²) in [5, 5.41) is 2.16. The van der Waals surface area contributed by atoms with E-state index in [0.717, 1.165) is 88.7 Å². The van der Waals surface area contributed by atoms with Crippen LogP contribution in [0.5, 0.6) is 0 Å². The van der Waals surface area contributed by atoms with Crippen molar-refractivity contribution in [2.45, 2.75) is 6.92 Å². The fourth-order valence-corrected chi connectivity index (χ4v) is 6.72. The molecule has 0 radical (unpaired) electrons. The minimum Gasteiger partial charge on any atom is -0.272 e. The van der Waals surface area contributed by atoms with Crippen LogP contribution in [-0.2, 0) is 0 Å². The van der Waals surface area contributed by atoms with Gasteiger partial charge in [0.1, 0.15) is 0 Å². The van der Waals surface area contributed by atoms with Crippen molar-refractivity contribution < 1.29 is 0 Å². The molecule has 0 aliphatic rings. The molecule has 0 aliphatic heterocycles. The highest BCUT2D eigenvalue weighted by Gasteiger charge is 2.14. The Balaban J connectivity index is 1.25. The van der Waals surface area contributed by atoms with E-state index in [9.17, 15) is 0 Å². The maximum atomic E-state index is 5.26. The van der Waals surface area contributed by atoms with Crippen LogP contribution in [0.25, 0.3) is 83.1 Å². The Kier molecular flexibility index (Phi) is 8.63. The Bertz CT molecular complexity index is 2600. The predicted molar refractivity (Wildman–Crippen MR) is 214 cm³/mol. The SMILES string of the molecule is C=N/C=C(\C=C/C)c1cc(-c2cccnc2)cc(-c2cccc(-c3cccc(-c4cc(-c5ccccc5)c5ccc6cccnc6c5n4)c3)c2)c1. The van der Waals surface area contributed by atoms with Gasteiger partial charge in [0.05, 0.1) is 16.7 Å². The summed E-state index contributed by atoms with van der Waals surface area (Å²) in [7, 11) is 0. The topological polar surface area (TPSA) is 51.0 Å². The van der Waals surface area contributed by atoms with Gasteiger partial charge in [-0.05, 0) is 112 Å². The van der Waals surface area contributed by atoms with Gasteiger partial charge in [-0.2, -0.15) is 0 Å². The maximum Gasteiger partial charge on any atom is 0.0978 e. The summed E-state index contributed by atoms with van der Waals surface area (Å²) < 4.78 is 0. The number of pyridine rings is 3. The average molecular weight is 655 g/mol. The van der Waals surface area contributed by atoms with Gasteiger partial charge in [-0.15, -0.1) is 0 Å². The van der Waals surface area contributed by atoms with Gasteiger partial charge in [0.2, 0.25) is 0 Å². The third kappa shape index (κ3) is 6.39. The van der Waals surface area contributed by atoms with E-state index in [0.29, 0.717) is 0 Å². The zero-order valence-corrected chi connectivity index (χ0v) is 28.2. The summed E-state index contributed by atoms with van der Waals surface area (Å²) in [4.78, 5) is 18.5. The standard InChI is InChI=1S/C47H34N4/c1-3-11-38(30-48-2)41-26-40(27-42(28-41)39-19-9-22-49-31-39)36-16-7-14-34(24-36)35-15-8-17-37(25-35)45-29-44(32-12-5-4-6-13-32)43-21-20-33-18-10-23-50-46(33)47(43)51-45/h3-31H,2H2,1H3/b11-3-,38-30+. The molecule has 0 fully saturated rings. The number of rotatable bonds is 8. The van der Waals surface area contributed by atoms with Gasteiger partial charge in [0.25, 0.3) is 0 Å². The second-order valence-corrected chi connectivity index (χ2v) is 12.4. The summed E-state index contributed by atoms with van der Waals surface area (Å²) in [6.45, 7) is 5.72. The van der Waals surface area contributed by atoms with Crippen LogP contribution < -0.4 is 0 Å². The molecule has 4 nitrogen and oxygen atoms in total. The second kappa shape index (κ2) is 14.0. The lowest BCUT2D eigenvalue weighted by atomic mass is 9.92. The molecule has 51 heavy (non-hydrogen) atoms. The van der Waals surface area contributed by atoms with Crippen LogP contribution in [0, 0.1) is 0 Å². The van der Waals surface area contributed by atoms with Crippen molar-refractivity contribution in [3.8, 4) is 55.8 Å². The summed E-state index contributed by atoms with van der Waals surface area (Å²) in [6, 6.07) is 49.2. The first-order valence-corrected chi connectivity index (χ1v) is 17.0. The number of hydrogen-bond acceptors (Lipinski definition) is 4. The monoisotopic (exact) mass is 654 g/mol. The van der Waals surface area contributed by atoms with E-state index in [1.807, 2.05) is 37.5 Å². The Morgan fingerprint density at radius 3 is 2.00 bits per heavy atom. The van der Waals surface area contributed by atoms with Crippen LogP contribution in [-0.4, -0.2) is 21.7 Å². The molecule has 0 unspecified atom stereocenters. The average Bonchev–Trinajstić information content (AvgIpc) is 3.21. The minimum absolute atomic E-state index is 0.902. The molecule has 0 atom stereocenters. The molecule has 242 valence electrons. The predicted octanol–water partition coefficient (Wildman–Crippen LogP) is 12.1. The fourth-order valence-electron chi connectivity index (χ4n) is 6.72. The summed E-state index contributed by atoms with van der Waals surface area (Å²) in [5.74, 6) is 0. The molecule has 0 N–H and O–H groups in total. The van der Waals surface area contributed by atoms with Gasteiger partial charge in [0.15, 0.2) is 0 Å². The molecule has 0 saturated carbocycles. The van der Waals surface area contributed by atoms with Crippen molar-refractivity contribution in [1.82, 2.24) is 15.0 Å². The van der Waals surface area contributed by atoms with E-state index in [-0.39, 0.29) is 0 Å². The van der Waals surface area contributed by atoms with Crippen molar-refractivity contribution in [3.05, 3.63) is 182 Å². The Morgan fingerprint density at radius 2 is 1.25 bits per heavy atom. The molecule has 8 rings (SSSR count). The molecule has 0 bridgehead atoms. The van der Waals surface area contributed by atoms with Crippen molar-refractivity contribution in [2.75, 3.05) is 0 Å². The number of benzene rings is 5. The number of nitrogens with zero attached hydrogens (tertiary/aromatic N) is 4. The number of hydrogen-bond donors (Lipinski definition) is 0. The molecule has 0 spiro atoms. The molecule has 8 aromatic rings. The zero-order valence-electron chi connectivity index (χ0n) is 28.2. The maximum absolute atomic E-state index is 5.26. The lowest BCUT2D eigenvalue weighted by Gasteiger charge is -2.14. The first kappa shape index (κ1) is 31.5. The second-order valence-electron chi connectivity index (χ2n) is 12.4. The zero-order chi connectivity index (χ0) is 34.6. The largest absolute Gasteiger partial charge is 0.272 e. The van der Waals surface area contributed by atoms with E-state index in [1.54, 1.807) is 12.4 Å². The van der Waals surface area contributed by atoms with Gasteiger partial charge >= 0.3 is 0 Å². The van der Waals surface area contributed by atoms with Gasteiger partial charge in [-0.3, -0.25) is 15.0 Å². The molecule has 5 aromatic carbocycles. The van der Waals surface area contributed by atoms with Gasteiger partial charge in [0, 0.05) is 46.7 Å². The third-order valence-corrected chi connectivity index (χ3v) is 9.16. The first-order chi connectivity index (χ1) is 25.2. The van der Waals surface area contributed by atoms with Crippen LogP contribution in [0.4, 0.5) is 0 Å². The Morgan fingerprint density at radius 1 is 0.588 bits per heavy atom. The van der Waals surface area contributed by atoms with Crippen LogP contribution in [0.1, 0.15) is 12.5 Å². The van der Waals surface area contributed by atoms with Gasteiger partial charge < -0.3 is 0 Å². The molecule has 0 amide bonds. The molecule has 3 aromatic heterocycles. The molecule has 0 aliphatic carbocycles. The Labute approximate surface area is 297 Å².